The Bertz CT molecular complexity index is 473. The van der Waals surface area contributed by atoms with E-state index in [1.54, 1.807) is 6.92 Å². The van der Waals surface area contributed by atoms with Crippen molar-refractivity contribution in [3.8, 4) is 5.75 Å². The molecular formula is C14H17Cl2NO2. The Morgan fingerprint density at radius 2 is 1.95 bits per heavy atom. The smallest absolute Gasteiger partial charge is 0.229 e. The molecule has 0 saturated heterocycles. The lowest BCUT2D eigenvalue weighted by atomic mass is 10.1. The molecule has 0 heterocycles. The zero-order valence-electron chi connectivity index (χ0n) is 11.0. The average molecular weight is 302 g/mol. The molecule has 0 bridgehead atoms. The predicted octanol–water partition coefficient (Wildman–Crippen LogP) is 3.07. The van der Waals surface area contributed by atoms with Crippen LogP contribution < -0.4 is 10.1 Å². The molecule has 19 heavy (non-hydrogen) atoms. The van der Waals surface area contributed by atoms with E-state index in [9.17, 15) is 4.79 Å². The summed E-state index contributed by atoms with van der Waals surface area (Å²) < 4.78 is 4.59. The fourth-order valence-corrected chi connectivity index (χ4v) is 2.52. The Kier molecular flexibility index (Phi) is 3.98. The molecule has 0 spiro atoms. The van der Waals surface area contributed by atoms with Crippen molar-refractivity contribution >= 4 is 29.1 Å². The lowest BCUT2D eigenvalue weighted by molar-refractivity contribution is -0.125. The molecule has 1 atom stereocenters. The van der Waals surface area contributed by atoms with Crippen LogP contribution in [0.25, 0.3) is 0 Å². The van der Waals surface area contributed by atoms with Gasteiger partial charge >= 0.3 is 0 Å². The van der Waals surface area contributed by atoms with Crippen LogP contribution in [0, 0.1) is 12.3 Å². The van der Waals surface area contributed by atoms with E-state index in [1.165, 1.54) is 5.56 Å². The fourth-order valence-electron chi connectivity index (χ4n) is 1.81. The van der Waals surface area contributed by atoms with Gasteiger partial charge < -0.3 is 10.1 Å². The fraction of sp³-hybridized carbons (Fsp3) is 0.500. The summed E-state index contributed by atoms with van der Waals surface area (Å²) in [6.45, 7) is 4.64. The van der Waals surface area contributed by atoms with Crippen LogP contribution in [0.15, 0.2) is 24.3 Å². The number of aryl methyl sites for hydroxylation is 1. The first kappa shape index (κ1) is 14.5. The van der Waals surface area contributed by atoms with Gasteiger partial charge in [-0.3, -0.25) is 4.79 Å². The number of halogens is 2. The molecule has 3 nitrogen and oxygen atoms in total. The topological polar surface area (TPSA) is 38.3 Å². The maximum Gasteiger partial charge on any atom is 0.229 e. The van der Waals surface area contributed by atoms with Gasteiger partial charge in [-0.05, 0) is 32.4 Å². The van der Waals surface area contributed by atoms with E-state index >= 15 is 0 Å². The number of amides is 1. The van der Waals surface area contributed by atoms with Gasteiger partial charge in [0.15, 0.2) is 0 Å². The molecule has 0 radical (unpaired) electrons. The number of benzene rings is 1. The Labute approximate surface area is 123 Å². The van der Waals surface area contributed by atoms with Crippen LogP contribution >= 0.6 is 23.2 Å². The standard InChI is InChI=1S/C14H17Cl2NO2/c1-10-3-5-11(6-4-10)19-8-7-17-12(18)13(2)9-14(13,15)16/h3-6H,7-9H2,1-2H3,(H,17,18). The van der Waals surface area contributed by atoms with E-state index < -0.39 is 9.75 Å². The van der Waals surface area contributed by atoms with Crippen LogP contribution in [0.3, 0.4) is 0 Å². The van der Waals surface area contributed by atoms with Gasteiger partial charge in [-0.15, -0.1) is 23.2 Å². The highest BCUT2D eigenvalue weighted by atomic mass is 35.5. The summed E-state index contributed by atoms with van der Waals surface area (Å²) >= 11 is 11.9. The van der Waals surface area contributed by atoms with E-state index in [0.29, 0.717) is 19.6 Å². The van der Waals surface area contributed by atoms with Crippen LogP contribution in [0.4, 0.5) is 0 Å². The molecule has 1 unspecified atom stereocenters. The van der Waals surface area contributed by atoms with Gasteiger partial charge in [0.2, 0.25) is 5.91 Å². The summed E-state index contributed by atoms with van der Waals surface area (Å²) in [7, 11) is 0. The van der Waals surface area contributed by atoms with Crippen LogP contribution in [0.5, 0.6) is 5.75 Å². The molecule has 1 amide bonds. The van der Waals surface area contributed by atoms with Crippen LogP contribution in [-0.4, -0.2) is 23.4 Å². The highest BCUT2D eigenvalue weighted by Crippen LogP contribution is 2.63. The largest absolute Gasteiger partial charge is 0.492 e. The molecule has 0 aliphatic heterocycles. The minimum Gasteiger partial charge on any atom is -0.492 e. The number of carbonyl (C=O) groups is 1. The third kappa shape index (κ3) is 3.15. The summed E-state index contributed by atoms with van der Waals surface area (Å²) in [6, 6.07) is 7.77. The second-order valence-electron chi connectivity index (χ2n) is 5.13. The van der Waals surface area contributed by atoms with E-state index in [0.717, 1.165) is 5.75 Å². The lowest BCUT2D eigenvalue weighted by Crippen LogP contribution is -2.35. The number of hydrogen-bond donors (Lipinski definition) is 1. The van der Waals surface area contributed by atoms with Crippen LogP contribution in [-0.2, 0) is 4.79 Å². The number of rotatable bonds is 5. The summed E-state index contributed by atoms with van der Waals surface area (Å²) in [5.41, 5.74) is 0.517. The van der Waals surface area contributed by atoms with Crippen molar-refractivity contribution in [3.05, 3.63) is 29.8 Å². The average Bonchev–Trinajstić information content (AvgIpc) is 2.87. The molecule has 1 N–H and O–H groups in total. The minimum absolute atomic E-state index is 0.120. The monoisotopic (exact) mass is 301 g/mol. The quantitative estimate of drug-likeness (QED) is 0.670. The van der Waals surface area contributed by atoms with Crippen molar-refractivity contribution in [2.45, 2.75) is 24.6 Å². The van der Waals surface area contributed by atoms with E-state index in [-0.39, 0.29) is 5.91 Å². The molecule has 1 aromatic rings. The predicted molar refractivity (Wildman–Crippen MR) is 76.8 cm³/mol. The van der Waals surface area contributed by atoms with Gasteiger partial charge in [-0.2, -0.15) is 0 Å². The normalized spacial score (nSPS) is 23.8. The third-order valence-electron chi connectivity index (χ3n) is 3.44. The first-order valence-corrected chi connectivity index (χ1v) is 6.96. The molecule has 1 aliphatic rings. The van der Waals surface area contributed by atoms with Gasteiger partial charge in [0, 0.05) is 0 Å². The number of carbonyl (C=O) groups excluding carboxylic acids is 1. The Morgan fingerprint density at radius 3 is 2.47 bits per heavy atom. The van der Waals surface area contributed by atoms with Gasteiger partial charge in [0.05, 0.1) is 12.0 Å². The number of nitrogens with one attached hydrogen (secondary N) is 1. The molecule has 1 aromatic carbocycles. The number of alkyl halides is 2. The summed E-state index contributed by atoms with van der Waals surface area (Å²) in [4.78, 5) is 11.9. The first-order valence-electron chi connectivity index (χ1n) is 6.21. The zero-order chi connectivity index (χ0) is 14.1. The Balaban J connectivity index is 1.70. The molecule has 1 fully saturated rings. The maximum absolute atomic E-state index is 11.9. The molecular weight excluding hydrogens is 285 g/mol. The number of ether oxygens (including phenoxy) is 1. The molecule has 0 aromatic heterocycles. The number of hydrogen-bond acceptors (Lipinski definition) is 2. The van der Waals surface area contributed by atoms with Crippen molar-refractivity contribution < 1.29 is 9.53 Å². The lowest BCUT2D eigenvalue weighted by Gasteiger charge is -2.13. The van der Waals surface area contributed by atoms with Gasteiger partial charge in [0.25, 0.3) is 0 Å². The van der Waals surface area contributed by atoms with Crippen molar-refractivity contribution in [2.75, 3.05) is 13.2 Å². The highest BCUT2D eigenvalue weighted by molar-refractivity contribution is 6.53. The van der Waals surface area contributed by atoms with Crippen molar-refractivity contribution in [1.29, 1.82) is 0 Å². The molecule has 104 valence electrons. The van der Waals surface area contributed by atoms with Crippen LogP contribution in [0.2, 0.25) is 0 Å². The third-order valence-corrected chi connectivity index (χ3v) is 4.54. The van der Waals surface area contributed by atoms with Gasteiger partial charge in [-0.1, -0.05) is 17.7 Å². The second-order valence-corrected chi connectivity index (χ2v) is 6.61. The van der Waals surface area contributed by atoms with E-state index in [2.05, 4.69) is 5.32 Å². The van der Waals surface area contributed by atoms with Crippen molar-refractivity contribution in [3.63, 3.8) is 0 Å². The highest BCUT2D eigenvalue weighted by Gasteiger charge is 2.67. The molecule has 5 heteroatoms. The van der Waals surface area contributed by atoms with Gasteiger partial charge in [0.1, 0.15) is 16.7 Å². The summed E-state index contributed by atoms with van der Waals surface area (Å²) in [5, 5.41) is 2.79. The zero-order valence-corrected chi connectivity index (χ0v) is 12.5. The van der Waals surface area contributed by atoms with Gasteiger partial charge in [-0.25, -0.2) is 0 Å². The van der Waals surface area contributed by atoms with E-state index in [1.807, 2.05) is 31.2 Å². The first-order chi connectivity index (χ1) is 8.85. The van der Waals surface area contributed by atoms with E-state index in [4.69, 9.17) is 27.9 Å². The minimum atomic E-state index is -0.922. The summed E-state index contributed by atoms with van der Waals surface area (Å²) in [6.07, 6.45) is 0.494. The Morgan fingerprint density at radius 1 is 1.37 bits per heavy atom. The maximum atomic E-state index is 11.9. The van der Waals surface area contributed by atoms with Crippen molar-refractivity contribution in [1.82, 2.24) is 5.32 Å². The van der Waals surface area contributed by atoms with Crippen molar-refractivity contribution in [2.24, 2.45) is 5.41 Å². The molecule has 1 saturated carbocycles. The van der Waals surface area contributed by atoms with Crippen LogP contribution in [0.1, 0.15) is 18.9 Å². The summed E-state index contributed by atoms with van der Waals surface area (Å²) in [5.74, 6) is 0.673. The second kappa shape index (κ2) is 5.22. The molecule has 2 rings (SSSR count). The Hall–Kier alpha value is -0.930. The molecule has 1 aliphatic carbocycles. The SMILES string of the molecule is Cc1ccc(OCCNC(=O)C2(C)CC2(Cl)Cl)cc1.